The second-order valence-corrected chi connectivity index (χ2v) is 10.2. The largest absolute Gasteiger partial charge is 0.381 e. The Morgan fingerprint density at radius 3 is 2.33 bits per heavy atom. The number of benzene rings is 1. The molecule has 3 heterocycles. The molecule has 4 rings (SSSR count). The summed E-state index contributed by atoms with van der Waals surface area (Å²) in [4.78, 5) is 15.6. The maximum Gasteiger partial charge on any atom is 0.250 e. The van der Waals surface area contributed by atoms with Crippen LogP contribution in [0.4, 0.5) is 11.6 Å². The quantitative estimate of drug-likeness (QED) is 0.640. The minimum atomic E-state index is -1.76. The van der Waals surface area contributed by atoms with Gasteiger partial charge in [-0.3, -0.25) is 0 Å². The van der Waals surface area contributed by atoms with E-state index < -0.39 is 3.79 Å². The van der Waals surface area contributed by atoms with Crippen LogP contribution in [0.2, 0.25) is 0 Å². The molecule has 0 saturated carbocycles. The number of aromatic nitrogens is 3. The Labute approximate surface area is 191 Å². The molecule has 0 aliphatic carbocycles. The van der Waals surface area contributed by atoms with E-state index in [1.54, 1.807) is 0 Å². The smallest absolute Gasteiger partial charge is 0.250 e. The van der Waals surface area contributed by atoms with Crippen molar-refractivity contribution in [2.75, 3.05) is 43.1 Å². The lowest BCUT2D eigenvalue weighted by Crippen LogP contribution is -2.50. The number of ether oxygens (including phenoxy) is 1. The zero-order valence-electron chi connectivity index (χ0n) is 16.6. The average Bonchev–Trinajstić information content (AvgIpc) is 3.27. The minimum absolute atomic E-state index is 0.0710. The zero-order chi connectivity index (χ0) is 21.2. The Kier molecular flexibility index (Phi) is 6.55. The summed E-state index contributed by atoms with van der Waals surface area (Å²) in [5.74, 6) is 0.850. The number of nitrogens with one attached hydrogen (secondary N) is 1. The van der Waals surface area contributed by atoms with E-state index in [2.05, 4.69) is 37.3 Å². The number of nitrogens with two attached hydrogens (primary N) is 1. The summed E-state index contributed by atoms with van der Waals surface area (Å²) < 4.78 is 3.64. The van der Waals surface area contributed by atoms with Crippen LogP contribution in [-0.2, 0) is 8.53 Å². The highest BCUT2D eigenvalue weighted by atomic mass is 35.6. The summed E-state index contributed by atoms with van der Waals surface area (Å²) in [5.41, 5.74) is 8.09. The molecule has 2 fully saturated rings. The number of hydrogen-bond donors (Lipinski definition) is 2. The van der Waals surface area contributed by atoms with E-state index in [0.717, 1.165) is 31.5 Å². The van der Waals surface area contributed by atoms with Gasteiger partial charge in [0, 0.05) is 49.6 Å². The Hall–Kier alpha value is -1.38. The van der Waals surface area contributed by atoms with Gasteiger partial charge >= 0.3 is 0 Å². The normalized spacial score (nSPS) is 19.1. The fourth-order valence-electron chi connectivity index (χ4n) is 3.72. The molecule has 162 valence electrons. The van der Waals surface area contributed by atoms with Gasteiger partial charge < -0.3 is 20.7 Å². The van der Waals surface area contributed by atoms with Gasteiger partial charge in [0.25, 0.3) is 0 Å². The molecule has 0 radical (unpaired) electrons. The molecule has 0 bridgehead atoms. The van der Waals surface area contributed by atoms with Crippen LogP contribution in [0.25, 0.3) is 11.4 Å². The molecule has 0 spiro atoms. The lowest BCUT2D eigenvalue weighted by molar-refractivity contribution is 0.0574. The van der Waals surface area contributed by atoms with E-state index in [1.807, 2.05) is 12.1 Å². The van der Waals surface area contributed by atoms with Crippen LogP contribution in [0.5, 0.6) is 0 Å². The maximum atomic E-state index is 6.46. The van der Waals surface area contributed by atoms with Crippen LogP contribution < -0.4 is 16.0 Å². The zero-order valence-corrected chi connectivity index (χ0v) is 18.8. The summed E-state index contributed by atoms with van der Waals surface area (Å²) in [5, 5.41) is 3.21. The van der Waals surface area contributed by atoms with Crippen LogP contribution in [0, 0.1) is 0 Å². The Bertz CT molecular complexity index is 862. The van der Waals surface area contributed by atoms with Crippen LogP contribution in [-0.4, -0.2) is 53.3 Å². The van der Waals surface area contributed by atoms with Crippen LogP contribution in [0.15, 0.2) is 24.3 Å². The number of anilines is 2. The maximum absolute atomic E-state index is 6.46. The number of alkyl halides is 3. The third-order valence-corrected chi connectivity index (χ3v) is 6.08. The van der Waals surface area contributed by atoms with Gasteiger partial charge in [0.05, 0.1) is 0 Å². The minimum Gasteiger partial charge on any atom is -0.381 e. The van der Waals surface area contributed by atoms with Crippen molar-refractivity contribution in [1.82, 2.24) is 15.0 Å². The second kappa shape index (κ2) is 9.01. The molecule has 2 aliphatic rings. The molecule has 0 amide bonds. The van der Waals surface area contributed by atoms with Gasteiger partial charge in [0.2, 0.25) is 9.74 Å². The number of rotatable bonds is 5. The average molecular weight is 472 g/mol. The van der Waals surface area contributed by atoms with E-state index in [1.165, 1.54) is 18.5 Å². The SMILES string of the molecule is NC1(CNc2nc(-c3ccc(N4CCCC4)cc3)nc(C(Cl)(Cl)Cl)n2)CCOCC1. The lowest BCUT2D eigenvalue weighted by atomic mass is 9.91. The molecule has 0 atom stereocenters. The van der Waals surface area contributed by atoms with Gasteiger partial charge in [-0.25, -0.2) is 4.98 Å². The fourth-order valence-corrected chi connectivity index (χ4v) is 3.97. The third kappa shape index (κ3) is 5.26. The molecule has 7 nitrogen and oxygen atoms in total. The molecular formula is C20H25Cl3N6O. The van der Waals surface area contributed by atoms with Crippen LogP contribution >= 0.6 is 34.8 Å². The molecule has 30 heavy (non-hydrogen) atoms. The van der Waals surface area contributed by atoms with Crippen LogP contribution in [0.1, 0.15) is 31.5 Å². The van der Waals surface area contributed by atoms with Crippen molar-refractivity contribution in [3.8, 4) is 11.4 Å². The number of hydrogen-bond acceptors (Lipinski definition) is 7. The lowest BCUT2D eigenvalue weighted by Gasteiger charge is -2.33. The van der Waals surface area contributed by atoms with Gasteiger partial charge in [-0.15, -0.1) is 0 Å². The van der Waals surface area contributed by atoms with E-state index in [9.17, 15) is 0 Å². The monoisotopic (exact) mass is 470 g/mol. The Morgan fingerprint density at radius 1 is 1.03 bits per heavy atom. The highest BCUT2D eigenvalue weighted by Crippen LogP contribution is 2.37. The van der Waals surface area contributed by atoms with Crippen molar-refractivity contribution in [2.24, 2.45) is 5.73 Å². The summed E-state index contributed by atoms with van der Waals surface area (Å²) in [6.07, 6.45) is 3.97. The first-order valence-corrected chi connectivity index (χ1v) is 11.3. The molecule has 10 heteroatoms. The third-order valence-electron chi connectivity index (χ3n) is 5.57. The summed E-state index contributed by atoms with van der Waals surface area (Å²) in [6.45, 7) is 3.95. The molecule has 2 saturated heterocycles. The number of halogens is 3. The predicted octanol–water partition coefficient (Wildman–Crippen LogP) is 3.89. The van der Waals surface area contributed by atoms with Crippen molar-refractivity contribution >= 4 is 46.4 Å². The van der Waals surface area contributed by atoms with Crippen molar-refractivity contribution in [2.45, 2.75) is 35.0 Å². The highest BCUT2D eigenvalue weighted by Gasteiger charge is 2.31. The molecule has 1 aromatic heterocycles. The fraction of sp³-hybridized carbons (Fsp3) is 0.550. The molecule has 1 aromatic carbocycles. The van der Waals surface area contributed by atoms with Gasteiger partial charge in [-0.05, 0) is 49.9 Å². The van der Waals surface area contributed by atoms with Gasteiger partial charge in [-0.1, -0.05) is 34.8 Å². The van der Waals surface area contributed by atoms with Crippen molar-refractivity contribution < 1.29 is 4.74 Å². The van der Waals surface area contributed by atoms with E-state index in [4.69, 9.17) is 45.3 Å². The topological polar surface area (TPSA) is 89.2 Å². The summed E-state index contributed by atoms with van der Waals surface area (Å²) >= 11 is 18.2. The van der Waals surface area contributed by atoms with E-state index in [-0.39, 0.29) is 11.4 Å². The highest BCUT2D eigenvalue weighted by molar-refractivity contribution is 6.66. The molecule has 2 aromatic rings. The molecule has 3 N–H and O–H groups in total. The van der Waals surface area contributed by atoms with E-state index >= 15 is 0 Å². The molecule has 2 aliphatic heterocycles. The first kappa shape index (κ1) is 21.8. The van der Waals surface area contributed by atoms with Crippen molar-refractivity contribution in [3.63, 3.8) is 0 Å². The Morgan fingerprint density at radius 2 is 1.70 bits per heavy atom. The summed E-state index contributed by atoms with van der Waals surface area (Å²) in [7, 11) is 0. The van der Waals surface area contributed by atoms with Crippen molar-refractivity contribution in [1.29, 1.82) is 0 Å². The van der Waals surface area contributed by atoms with Gasteiger partial charge in [0.15, 0.2) is 11.6 Å². The first-order valence-electron chi connectivity index (χ1n) is 10.1. The number of nitrogens with zero attached hydrogens (tertiary/aromatic N) is 4. The molecular weight excluding hydrogens is 447 g/mol. The second-order valence-electron chi connectivity index (χ2n) is 7.87. The Balaban J connectivity index is 1.58. The van der Waals surface area contributed by atoms with Crippen molar-refractivity contribution in [3.05, 3.63) is 30.1 Å². The molecule has 0 unspecified atom stereocenters. The standard InChI is InChI=1S/C20H25Cl3N6O/c21-20(22,23)17-26-16(14-3-5-15(6-4-14)29-9-1-2-10-29)27-18(28-17)25-13-19(24)7-11-30-12-8-19/h3-6H,1-2,7-13,24H2,(H,25,26,27,28). The predicted molar refractivity (Wildman–Crippen MR) is 121 cm³/mol. The van der Waals surface area contributed by atoms with Gasteiger partial charge in [0.1, 0.15) is 0 Å². The van der Waals surface area contributed by atoms with E-state index in [0.29, 0.717) is 31.5 Å². The van der Waals surface area contributed by atoms with Crippen LogP contribution in [0.3, 0.4) is 0 Å². The van der Waals surface area contributed by atoms with Gasteiger partial charge in [-0.2, -0.15) is 9.97 Å². The first-order chi connectivity index (χ1) is 14.3. The summed E-state index contributed by atoms with van der Waals surface area (Å²) in [6, 6.07) is 8.11.